The second-order valence-electron chi connectivity index (χ2n) is 5.49. The molecule has 0 aromatic carbocycles. The highest BCUT2D eigenvalue weighted by atomic mass is 16.5. The zero-order valence-corrected chi connectivity index (χ0v) is 13.2. The number of rotatable bonds is 4. The Morgan fingerprint density at radius 2 is 2.35 bits per heavy atom. The van der Waals surface area contributed by atoms with E-state index in [1.54, 1.807) is 31.6 Å². The lowest BCUT2D eigenvalue weighted by molar-refractivity contribution is -0.129. The molecule has 2 N–H and O–H groups in total. The van der Waals surface area contributed by atoms with Crippen LogP contribution in [-0.2, 0) is 9.53 Å². The molecule has 2 aromatic heterocycles. The molecule has 0 bridgehead atoms. The molecule has 7 heteroatoms. The van der Waals surface area contributed by atoms with E-state index in [0.29, 0.717) is 29.7 Å². The molecular formula is C16H20N4O3. The molecule has 1 amide bonds. The minimum Gasteiger partial charge on any atom is -0.481 e. The summed E-state index contributed by atoms with van der Waals surface area (Å²) in [6, 6.07) is 3.52. The predicted octanol–water partition coefficient (Wildman–Crippen LogP) is 2.23. The van der Waals surface area contributed by atoms with E-state index in [9.17, 15) is 4.79 Å². The van der Waals surface area contributed by atoms with Crippen LogP contribution in [0.2, 0.25) is 0 Å². The molecule has 7 nitrogen and oxygen atoms in total. The van der Waals surface area contributed by atoms with E-state index in [0.717, 1.165) is 12.8 Å². The maximum Gasteiger partial charge on any atom is 0.230 e. The van der Waals surface area contributed by atoms with Crippen LogP contribution >= 0.6 is 0 Å². The minimum absolute atomic E-state index is 0.0823. The molecule has 2 atom stereocenters. The summed E-state index contributed by atoms with van der Waals surface area (Å²) in [5, 5.41) is 2.94. The number of amides is 1. The number of carbonyl (C=O) groups excluding carboxylic acids is 1. The number of anilines is 1. The van der Waals surface area contributed by atoms with Gasteiger partial charge in [0, 0.05) is 25.1 Å². The van der Waals surface area contributed by atoms with E-state index in [4.69, 9.17) is 9.47 Å². The molecule has 0 unspecified atom stereocenters. The van der Waals surface area contributed by atoms with Gasteiger partial charge in [-0.1, -0.05) is 0 Å². The Morgan fingerprint density at radius 1 is 1.48 bits per heavy atom. The van der Waals surface area contributed by atoms with Crippen LogP contribution in [0, 0.1) is 12.8 Å². The number of H-pyrrole nitrogens is 1. The lowest BCUT2D eigenvalue weighted by Crippen LogP contribution is -2.33. The number of hydrogen-bond donors (Lipinski definition) is 2. The van der Waals surface area contributed by atoms with Crippen LogP contribution < -0.4 is 10.1 Å². The number of carbonyl (C=O) groups is 1. The number of hydrogen-bond acceptors (Lipinski definition) is 5. The molecule has 0 aliphatic carbocycles. The number of methoxy groups -OCH3 is 1. The van der Waals surface area contributed by atoms with Crippen LogP contribution in [0.1, 0.15) is 30.5 Å². The van der Waals surface area contributed by atoms with Crippen molar-refractivity contribution >= 4 is 11.6 Å². The number of ether oxygens (including phenoxy) is 2. The van der Waals surface area contributed by atoms with Gasteiger partial charge >= 0.3 is 0 Å². The van der Waals surface area contributed by atoms with Crippen molar-refractivity contribution in [1.82, 2.24) is 15.0 Å². The Labute approximate surface area is 134 Å². The van der Waals surface area contributed by atoms with Crippen molar-refractivity contribution in [3.05, 3.63) is 36.0 Å². The molecule has 1 aliphatic heterocycles. The van der Waals surface area contributed by atoms with Crippen LogP contribution in [0.5, 0.6) is 5.88 Å². The molecule has 3 rings (SSSR count). The largest absolute Gasteiger partial charge is 0.481 e. The van der Waals surface area contributed by atoms with Gasteiger partial charge in [0.25, 0.3) is 0 Å². The van der Waals surface area contributed by atoms with E-state index >= 15 is 0 Å². The Bertz CT molecular complexity index is 672. The van der Waals surface area contributed by atoms with Gasteiger partial charge in [0.2, 0.25) is 11.8 Å². The summed E-state index contributed by atoms with van der Waals surface area (Å²) in [6.45, 7) is 2.47. The van der Waals surface area contributed by atoms with Gasteiger partial charge in [-0.25, -0.2) is 9.97 Å². The van der Waals surface area contributed by atoms with E-state index < -0.39 is 0 Å². The number of nitrogens with one attached hydrogen (secondary N) is 2. The summed E-state index contributed by atoms with van der Waals surface area (Å²) in [6.07, 6.45) is 4.68. The van der Waals surface area contributed by atoms with Crippen molar-refractivity contribution in [1.29, 1.82) is 0 Å². The highest BCUT2D eigenvalue weighted by Crippen LogP contribution is 2.33. The second-order valence-corrected chi connectivity index (χ2v) is 5.49. The van der Waals surface area contributed by atoms with Gasteiger partial charge < -0.3 is 19.8 Å². The fraction of sp³-hybridized carbons (Fsp3) is 0.438. The fourth-order valence-corrected chi connectivity index (χ4v) is 2.76. The van der Waals surface area contributed by atoms with E-state index in [1.807, 2.05) is 6.92 Å². The van der Waals surface area contributed by atoms with Crippen molar-refractivity contribution < 1.29 is 14.3 Å². The molecule has 1 aliphatic rings. The summed E-state index contributed by atoms with van der Waals surface area (Å²) in [5.41, 5.74) is 1.39. The van der Waals surface area contributed by atoms with Gasteiger partial charge in [-0.15, -0.1) is 0 Å². The van der Waals surface area contributed by atoms with Gasteiger partial charge in [-0.05, 0) is 25.8 Å². The maximum atomic E-state index is 12.7. The Hall–Kier alpha value is -2.41. The summed E-state index contributed by atoms with van der Waals surface area (Å²) < 4.78 is 10.9. The highest BCUT2D eigenvalue weighted by molar-refractivity contribution is 5.93. The van der Waals surface area contributed by atoms with E-state index in [1.165, 1.54) is 0 Å². The summed E-state index contributed by atoms with van der Waals surface area (Å²) in [5.74, 6) is 0.849. The molecular weight excluding hydrogens is 296 g/mol. The number of aromatic nitrogens is 3. The third-order valence-corrected chi connectivity index (χ3v) is 3.98. The number of aryl methyl sites for hydroxylation is 1. The van der Waals surface area contributed by atoms with Crippen molar-refractivity contribution in [2.24, 2.45) is 5.92 Å². The Kier molecular flexibility index (Phi) is 4.57. The molecule has 0 spiro atoms. The minimum atomic E-state index is -0.342. The van der Waals surface area contributed by atoms with Crippen LogP contribution in [0.15, 0.2) is 24.5 Å². The zero-order chi connectivity index (χ0) is 16.2. The molecule has 0 saturated carbocycles. The lowest BCUT2D eigenvalue weighted by Gasteiger charge is -2.29. The number of pyridine rings is 1. The first-order valence-corrected chi connectivity index (χ1v) is 7.62. The van der Waals surface area contributed by atoms with Gasteiger partial charge in [0.15, 0.2) is 0 Å². The van der Waals surface area contributed by atoms with Crippen molar-refractivity contribution in [2.45, 2.75) is 25.9 Å². The molecule has 0 radical (unpaired) electrons. The van der Waals surface area contributed by atoms with Gasteiger partial charge in [0.05, 0.1) is 24.4 Å². The average Bonchev–Trinajstić information content (AvgIpc) is 3.11. The SMILES string of the molecule is COc1ccc(NC(=O)[C@@H]2CCCO[C@H]2c2ncc[nH]2)c(C)n1. The quantitative estimate of drug-likeness (QED) is 0.903. The predicted molar refractivity (Wildman–Crippen MR) is 84.2 cm³/mol. The maximum absolute atomic E-state index is 12.7. The zero-order valence-electron chi connectivity index (χ0n) is 13.2. The standard InChI is InChI=1S/C16H20N4O3/c1-10-12(5-6-13(19-10)22-2)20-16(21)11-4-3-9-23-14(11)15-17-7-8-18-15/h5-8,11,14H,3-4,9H2,1-2H3,(H,17,18)(H,20,21)/t11-,14-/m1/s1. The average molecular weight is 316 g/mol. The van der Waals surface area contributed by atoms with E-state index in [-0.39, 0.29) is 17.9 Å². The normalized spacial score (nSPS) is 21.0. The number of aromatic amines is 1. The molecule has 23 heavy (non-hydrogen) atoms. The van der Waals surface area contributed by atoms with Crippen LogP contribution in [0.4, 0.5) is 5.69 Å². The molecule has 2 aromatic rings. The van der Waals surface area contributed by atoms with Gasteiger partial charge in [-0.2, -0.15) is 0 Å². The van der Waals surface area contributed by atoms with Gasteiger partial charge in [0.1, 0.15) is 11.9 Å². The third kappa shape index (κ3) is 3.34. The number of nitrogens with zero attached hydrogens (tertiary/aromatic N) is 2. The topological polar surface area (TPSA) is 89.1 Å². The van der Waals surface area contributed by atoms with Crippen LogP contribution in [0.3, 0.4) is 0 Å². The Balaban J connectivity index is 1.76. The van der Waals surface area contributed by atoms with Crippen molar-refractivity contribution in [2.75, 3.05) is 19.0 Å². The Morgan fingerprint density at radius 3 is 3.04 bits per heavy atom. The summed E-state index contributed by atoms with van der Waals surface area (Å²) in [4.78, 5) is 24.2. The third-order valence-electron chi connectivity index (χ3n) is 3.98. The fourth-order valence-electron chi connectivity index (χ4n) is 2.76. The monoisotopic (exact) mass is 316 g/mol. The lowest BCUT2D eigenvalue weighted by atomic mass is 9.92. The van der Waals surface area contributed by atoms with Crippen LogP contribution in [-0.4, -0.2) is 34.6 Å². The highest BCUT2D eigenvalue weighted by Gasteiger charge is 2.34. The van der Waals surface area contributed by atoms with Crippen molar-refractivity contribution in [3.8, 4) is 5.88 Å². The van der Waals surface area contributed by atoms with Crippen molar-refractivity contribution in [3.63, 3.8) is 0 Å². The first-order chi connectivity index (χ1) is 11.2. The van der Waals surface area contributed by atoms with Crippen LogP contribution in [0.25, 0.3) is 0 Å². The smallest absolute Gasteiger partial charge is 0.230 e. The first kappa shape index (κ1) is 15.5. The molecule has 1 fully saturated rings. The van der Waals surface area contributed by atoms with E-state index in [2.05, 4.69) is 20.3 Å². The molecule has 1 saturated heterocycles. The first-order valence-electron chi connectivity index (χ1n) is 7.62. The summed E-state index contributed by atoms with van der Waals surface area (Å²) >= 11 is 0. The second kappa shape index (κ2) is 6.78. The molecule has 122 valence electrons. The number of imidazole rings is 1. The summed E-state index contributed by atoms with van der Waals surface area (Å²) in [7, 11) is 1.56. The van der Waals surface area contributed by atoms with Gasteiger partial charge in [-0.3, -0.25) is 4.79 Å². The molecule has 3 heterocycles.